The number of phenolic OH excluding ortho intramolecular Hbond substituents is 2. The van der Waals surface area contributed by atoms with Crippen LogP contribution in [0.25, 0.3) is 34.2 Å². The van der Waals surface area contributed by atoms with E-state index in [0.29, 0.717) is 59.2 Å². The largest absolute Gasteiger partial charge is 0.507 e. The third-order valence-corrected chi connectivity index (χ3v) is 8.46. The van der Waals surface area contributed by atoms with Gasteiger partial charge < -0.3 is 24.4 Å². The van der Waals surface area contributed by atoms with E-state index in [1.165, 1.54) is 12.8 Å². The van der Waals surface area contributed by atoms with Crippen LogP contribution in [0.2, 0.25) is 0 Å². The monoisotopic (exact) mass is 627 g/mol. The second-order valence-corrected chi connectivity index (χ2v) is 11.8. The number of hydrogen-bond donors (Lipinski definition) is 2. The van der Waals surface area contributed by atoms with E-state index in [1.807, 2.05) is 36.4 Å². The molecule has 0 amide bonds. The van der Waals surface area contributed by atoms with Crippen molar-refractivity contribution in [1.29, 1.82) is 0 Å². The summed E-state index contributed by atoms with van der Waals surface area (Å²) in [6.45, 7) is 9.95. The summed E-state index contributed by atoms with van der Waals surface area (Å²) in [4.78, 5) is 14.2. The SMILES string of the molecule is CCCC[C@@H](CC)COc1ccc(-c2nc(-c3ccc(OC)cc3)nc(-c3ccc(OC[C@@H](CC)CCCC)cc3O)n2)c(O)c1. The summed E-state index contributed by atoms with van der Waals surface area (Å²) >= 11 is 0. The first-order valence-corrected chi connectivity index (χ1v) is 16.7. The zero-order valence-corrected chi connectivity index (χ0v) is 28.0. The summed E-state index contributed by atoms with van der Waals surface area (Å²) in [6, 6.07) is 17.8. The van der Waals surface area contributed by atoms with Crippen LogP contribution in [0.3, 0.4) is 0 Å². The predicted octanol–water partition coefficient (Wildman–Crippen LogP) is 9.48. The summed E-state index contributed by atoms with van der Waals surface area (Å²) < 4.78 is 17.4. The molecule has 0 radical (unpaired) electrons. The number of hydrogen-bond acceptors (Lipinski definition) is 8. The lowest BCUT2D eigenvalue weighted by Gasteiger charge is -2.16. The summed E-state index contributed by atoms with van der Waals surface area (Å²) in [6.07, 6.45) is 9.00. The molecule has 46 heavy (non-hydrogen) atoms. The molecule has 0 unspecified atom stereocenters. The average Bonchev–Trinajstić information content (AvgIpc) is 3.08. The van der Waals surface area contributed by atoms with Gasteiger partial charge in [0.05, 0.1) is 31.5 Å². The van der Waals surface area contributed by atoms with Crippen LogP contribution in [0, 0.1) is 11.8 Å². The lowest BCUT2D eigenvalue weighted by molar-refractivity contribution is 0.232. The molecule has 2 atom stereocenters. The van der Waals surface area contributed by atoms with Crippen molar-refractivity contribution >= 4 is 0 Å². The maximum absolute atomic E-state index is 11.1. The van der Waals surface area contributed by atoms with E-state index in [4.69, 9.17) is 29.2 Å². The summed E-state index contributed by atoms with van der Waals surface area (Å²) in [5, 5.41) is 22.2. The minimum atomic E-state index is -0.00143. The molecule has 4 rings (SSSR count). The van der Waals surface area contributed by atoms with Crippen LogP contribution in [0.5, 0.6) is 28.7 Å². The second kappa shape index (κ2) is 17.4. The zero-order chi connectivity index (χ0) is 32.9. The highest BCUT2D eigenvalue weighted by atomic mass is 16.5. The fourth-order valence-corrected chi connectivity index (χ4v) is 5.29. The number of ether oxygens (including phenoxy) is 3. The Morgan fingerprint density at radius 2 is 1.02 bits per heavy atom. The highest BCUT2D eigenvalue weighted by Gasteiger charge is 2.18. The molecule has 3 aromatic carbocycles. The highest BCUT2D eigenvalue weighted by Crippen LogP contribution is 2.36. The topological polar surface area (TPSA) is 107 Å². The molecule has 4 aromatic rings. The van der Waals surface area contributed by atoms with Gasteiger partial charge in [-0.25, -0.2) is 15.0 Å². The summed E-state index contributed by atoms with van der Waals surface area (Å²) in [7, 11) is 1.61. The van der Waals surface area contributed by atoms with Crippen LogP contribution >= 0.6 is 0 Å². The first kappa shape index (κ1) is 34.5. The van der Waals surface area contributed by atoms with Crippen molar-refractivity contribution < 1.29 is 24.4 Å². The molecule has 246 valence electrons. The highest BCUT2D eigenvalue weighted by molar-refractivity contribution is 5.72. The summed E-state index contributed by atoms with van der Waals surface area (Å²) in [5.74, 6) is 3.77. The molecule has 0 saturated heterocycles. The van der Waals surface area contributed by atoms with Crippen LogP contribution in [-0.4, -0.2) is 45.5 Å². The number of benzene rings is 3. The van der Waals surface area contributed by atoms with Gasteiger partial charge in [-0.05, 0) is 73.2 Å². The van der Waals surface area contributed by atoms with Crippen molar-refractivity contribution in [1.82, 2.24) is 15.0 Å². The minimum Gasteiger partial charge on any atom is -0.507 e. The van der Waals surface area contributed by atoms with E-state index in [-0.39, 0.29) is 23.1 Å². The molecule has 0 bridgehead atoms. The van der Waals surface area contributed by atoms with E-state index in [0.717, 1.165) is 44.1 Å². The van der Waals surface area contributed by atoms with Crippen molar-refractivity contribution in [2.45, 2.75) is 79.1 Å². The van der Waals surface area contributed by atoms with Crippen LogP contribution in [0.4, 0.5) is 0 Å². The molecule has 8 heteroatoms. The number of aromatic nitrogens is 3. The summed E-state index contributed by atoms with van der Waals surface area (Å²) in [5.41, 5.74) is 1.60. The molecular formula is C38H49N3O5. The molecule has 2 N–H and O–H groups in total. The lowest BCUT2D eigenvalue weighted by Crippen LogP contribution is -2.11. The Labute approximate surface area is 273 Å². The third kappa shape index (κ3) is 9.35. The first-order chi connectivity index (χ1) is 22.4. The second-order valence-electron chi connectivity index (χ2n) is 11.8. The standard InChI is InChI=1S/C38H49N3O5/c1-6-10-12-26(8-3)24-45-30-18-20-32(34(42)22-30)37-39-36(28-14-16-29(44-5)17-15-28)40-38(41-37)33-21-19-31(23-35(33)43)46-25-27(9-4)13-11-7-2/h14-23,26-27,42-43H,6-13,24-25H2,1-5H3/t26-,27+. The van der Waals surface area contributed by atoms with Gasteiger partial charge >= 0.3 is 0 Å². The molecular weight excluding hydrogens is 578 g/mol. The molecule has 0 aliphatic rings. The van der Waals surface area contributed by atoms with E-state index in [2.05, 4.69) is 27.7 Å². The van der Waals surface area contributed by atoms with Gasteiger partial charge in [-0.1, -0.05) is 66.2 Å². The van der Waals surface area contributed by atoms with Crippen LogP contribution in [0.1, 0.15) is 79.1 Å². The average molecular weight is 628 g/mol. The molecule has 0 fully saturated rings. The molecule has 1 aromatic heterocycles. The number of rotatable bonds is 18. The van der Waals surface area contributed by atoms with Crippen LogP contribution < -0.4 is 14.2 Å². The molecule has 0 spiro atoms. The van der Waals surface area contributed by atoms with Crippen LogP contribution in [0.15, 0.2) is 60.7 Å². The Balaban J connectivity index is 1.65. The fraction of sp³-hybridized carbons (Fsp3) is 0.447. The van der Waals surface area contributed by atoms with Crippen molar-refractivity contribution in [2.75, 3.05) is 20.3 Å². The van der Waals surface area contributed by atoms with Gasteiger partial charge in [0.2, 0.25) is 0 Å². The van der Waals surface area contributed by atoms with E-state index in [1.54, 1.807) is 31.4 Å². The van der Waals surface area contributed by atoms with Gasteiger partial charge in [-0.3, -0.25) is 0 Å². The van der Waals surface area contributed by atoms with Gasteiger partial charge in [0.1, 0.15) is 28.7 Å². The molecule has 0 saturated carbocycles. The van der Waals surface area contributed by atoms with Gasteiger partial charge in [-0.2, -0.15) is 0 Å². The third-order valence-electron chi connectivity index (χ3n) is 8.46. The normalized spacial score (nSPS) is 12.5. The lowest BCUT2D eigenvalue weighted by atomic mass is 10.0. The Morgan fingerprint density at radius 1 is 0.587 bits per heavy atom. The Morgan fingerprint density at radius 3 is 1.41 bits per heavy atom. The maximum Gasteiger partial charge on any atom is 0.167 e. The van der Waals surface area contributed by atoms with E-state index < -0.39 is 0 Å². The smallest absolute Gasteiger partial charge is 0.167 e. The zero-order valence-electron chi connectivity index (χ0n) is 28.0. The first-order valence-electron chi connectivity index (χ1n) is 16.7. The fourth-order valence-electron chi connectivity index (χ4n) is 5.29. The van der Waals surface area contributed by atoms with Crippen molar-refractivity contribution in [3.8, 4) is 62.9 Å². The molecule has 0 aliphatic heterocycles. The van der Waals surface area contributed by atoms with Gasteiger partial charge in [0.15, 0.2) is 17.5 Å². The number of unbranched alkanes of at least 4 members (excludes halogenated alkanes) is 2. The minimum absolute atomic E-state index is 0.00143. The van der Waals surface area contributed by atoms with Crippen molar-refractivity contribution in [3.05, 3.63) is 60.7 Å². The van der Waals surface area contributed by atoms with Gasteiger partial charge in [0.25, 0.3) is 0 Å². The van der Waals surface area contributed by atoms with Crippen LogP contribution in [-0.2, 0) is 0 Å². The molecule has 0 aliphatic carbocycles. The van der Waals surface area contributed by atoms with E-state index >= 15 is 0 Å². The Bertz CT molecular complexity index is 1440. The van der Waals surface area contributed by atoms with Crippen molar-refractivity contribution in [3.63, 3.8) is 0 Å². The van der Waals surface area contributed by atoms with Gasteiger partial charge in [0, 0.05) is 17.7 Å². The predicted molar refractivity (Wildman–Crippen MR) is 184 cm³/mol. The van der Waals surface area contributed by atoms with E-state index in [9.17, 15) is 10.2 Å². The van der Waals surface area contributed by atoms with Gasteiger partial charge in [-0.15, -0.1) is 0 Å². The molecule has 8 nitrogen and oxygen atoms in total. The maximum atomic E-state index is 11.1. The number of phenols is 2. The van der Waals surface area contributed by atoms with Crippen molar-refractivity contribution in [2.24, 2.45) is 11.8 Å². The molecule has 1 heterocycles. The number of aromatic hydroxyl groups is 2. The number of methoxy groups -OCH3 is 1. The Hall–Kier alpha value is -4.33. The number of nitrogens with zero attached hydrogens (tertiary/aromatic N) is 3. The quantitative estimate of drug-likeness (QED) is 0.112. The Kier molecular flexibility index (Phi) is 13.1.